The predicted octanol–water partition coefficient (Wildman–Crippen LogP) is 15.5. The molecule has 0 aromatic heterocycles. The lowest BCUT2D eigenvalue weighted by Crippen LogP contribution is -2.42. The Morgan fingerprint density at radius 3 is 0.768 bits per heavy atom. The molecule has 0 unspecified atom stereocenters. The van der Waals surface area contributed by atoms with Crippen LogP contribution in [0.3, 0.4) is 0 Å². The first kappa shape index (κ1) is 36.6. The van der Waals surface area contributed by atoms with Gasteiger partial charge in [0.1, 0.15) is 0 Å². The fraction of sp³-hybridized carbons (Fsp3) is 0.333. The van der Waals surface area contributed by atoms with Crippen molar-refractivity contribution in [1.29, 1.82) is 0 Å². The van der Waals surface area contributed by atoms with E-state index in [2.05, 4.69) is 226 Å². The Morgan fingerprint density at radius 2 is 0.518 bits per heavy atom. The summed E-state index contributed by atoms with van der Waals surface area (Å²) in [5, 5.41) is 0. The highest BCUT2D eigenvalue weighted by atomic mass is 15.3. The number of fused-ring (bicyclic) bond motifs is 4. The molecule has 0 atom stereocenters. The van der Waals surface area contributed by atoms with Crippen molar-refractivity contribution in [2.24, 2.45) is 10.8 Å². The summed E-state index contributed by atoms with van der Waals surface area (Å²) < 4.78 is 0. The molecule has 3 aliphatic rings. The molecule has 1 aliphatic heterocycles. The molecule has 0 saturated heterocycles. The normalized spacial score (nSPS) is 19.9. The summed E-state index contributed by atoms with van der Waals surface area (Å²) in [5.74, 6) is 0. The van der Waals surface area contributed by atoms with Gasteiger partial charge in [0.05, 0.1) is 22.7 Å². The molecule has 0 bridgehead atoms. The molecule has 0 radical (unpaired) electrons. The number of rotatable bonds is 4. The molecule has 2 nitrogen and oxygen atoms in total. The van der Waals surface area contributed by atoms with E-state index in [0.29, 0.717) is 0 Å². The second-order valence-corrected chi connectivity index (χ2v) is 20.0. The van der Waals surface area contributed by atoms with Gasteiger partial charge in [-0.3, -0.25) is 0 Å². The van der Waals surface area contributed by atoms with Crippen LogP contribution in [-0.2, 0) is 21.7 Å². The average molecular weight is 735 g/mol. The van der Waals surface area contributed by atoms with Crippen LogP contribution in [-0.4, -0.2) is 0 Å². The molecule has 284 valence electrons. The lowest BCUT2D eigenvalue weighted by Gasteiger charge is -2.44. The van der Waals surface area contributed by atoms with Gasteiger partial charge in [0, 0.05) is 11.4 Å². The van der Waals surface area contributed by atoms with Crippen LogP contribution in [0.25, 0.3) is 22.3 Å². The highest BCUT2D eigenvalue weighted by Gasteiger charge is 2.59. The van der Waals surface area contributed by atoms with Gasteiger partial charge in [-0.15, -0.1) is 0 Å². The third-order valence-electron chi connectivity index (χ3n) is 16.6. The molecule has 1 heterocycles. The van der Waals surface area contributed by atoms with Crippen molar-refractivity contribution in [3.8, 4) is 22.3 Å². The van der Waals surface area contributed by atoms with Gasteiger partial charge in [-0.1, -0.05) is 168 Å². The Kier molecular flexibility index (Phi) is 7.66. The predicted molar refractivity (Wildman–Crippen MR) is 240 cm³/mol. The molecule has 6 aromatic rings. The van der Waals surface area contributed by atoms with E-state index >= 15 is 0 Å². The molecule has 9 rings (SSSR count). The molecular weight excluding hydrogens is 677 g/mol. The van der Waals surface area contributed by atoms with Gasteiger partial charge in [0.25, 0.3) is 0 Å². The Balaban J connectivity index is 1.35. The van der Waals surface area contributed by atoms with Gasteiger partial charge in [0.15, 0.2) is 0 Å². The number of anilines is 6. The van der Waals surface area contributed by atoms with Crippen molar-refractivity contribution in [2.75, 3.05) is 9.80 Å². The maximum atomic E-state index is 2.58. The molecule has 0 spiro atoms. The quantitative estimate of drug-likeness (QED) is 0.178. The Hall–Kier alpha value is -5.08. The summed E-state index contributed by atoms with van der Waals surface area (Å²) in [7, 11) is 0. The number of nitrogens with zero attached hydrogens (tertiary/aromatic N) is 2. The highest BCUT2D eigenvalue weighted by Crippen LogP contribution is 2.68. The molecule has 0 fully saturated rings. The Labute approximate surface area is 336 Å². The molecular formula is C54H58N2. The van der Waals surface area contributed by atoms with Gasteiger partial charge >= 0.3 is 0 Å². The molecule has 2 heteroatoms. The van der Waals surface area contributed by atoms with Crippen LogP contribution in [0.15, 0.2) is 133 Å². The SMILES string of the molecule is CC1(C)c2cc3c(cc2C(C)(C)C1(C)C)N(c1ccc(-c2ccccc2)cc1)c1cc2c(cc1N3c1ccc(-c3ccccc3)cc1)C(C)(C)C(C)(C)C2(C)C. The Bertz CT molecular complexity index is 2230. The zero-order chi connectivity index (χ0) is 39.8. The topological polar surface area (TPSA) is 6.48 Å². The van der Waals surface area contributed by atoms with Crippen LogP contribution in [0.5, 0.6) is 0 Å². The van der Waals surface area contributed by atoms with Crippen LogP contribution in [0.1, 0.15) is 105 Å². The summed E-state index contributed by atoms with van der Waals surface area (Å²) >= 11 is 0. The van der Waals surface area contributed by atoms with Gasteiger partial charge in [-0.05, 0) is 126 Å². The minimum absolute atomic E-state index is 0.0320. The van der Waals surface area contributed by atoms with Crippen LogP contribution < -0.4 is 9.80 Å². The van der Waals surface area contributed by atoms with Crippen molar-refractivity contribution < 1.29 is 0 Å². The molecule has 56 heavy (non-hydrogen) atoms. The van der Waals surface area contributed by atoms with Crippen LogP contribution in [0.2, 0.25) is 0 Å². The van der Waals surface area contributed by atoms with E-state index in [0.717, 1.165) is 0 Å². The van der Waals surface area contributed by atoms with Crippen molar-refractivity contribution in [1.82, 2.24) is 0 Å². The van der Waals surface area contributed by atoms with E-state index in [1.54, 1.807) is 0 Å². The second-order valence-electron chi connectivity index (χ2n) is 20.0. The maximum absolute atomic E-state index is 2.58. The summed E-state index contributed by atoms with van der Waals surface area (Å²) in [6.45, 7) is 29.6. The smallest absolute Gasteiger partial charge is 0.0706 e. The largest absolute Gasteiger partial charge is 0.306 e. The maximum Gasteiger partial charge on any atom is 0.0706 e. The van der Waals surface area contributed by atoms with Crippen LogP contribution in [0, 0.1) is 10.8 Å². The number of hydrogen-bond donors (Lipinski definition) is 0. The third kappa shape index (κ3) is 4.68. The number of benzene rings is 6. The summed E-state index contributed by atoms with van der Waals surface area (Å²) in [5.41, 5.74) is 17.9. The van der Waals surface area contributed by atoms with E-state index in [1.807, 2.05) is 0 Å². The monoisotopic (exact) mass is 734 g/mol. The van der Waals surface area contributed by atoms with E-state index in [9.17, 15) is 0 Å². The van der Waals surface area contributed by atoms with E-state index < -0.39 is 0 Å². The standard InChI is InChI=1S/C54H58N2/c1-49(2)41-31-45-46(32-42(41)50(3,4)53(49,9)10)56(40-29-25-38(26-30-40)36-21-17-14-18-22-36)48-34-44-43(51(5,6)54(11,12)52(44,7)8)33-47(48)55(45)39-27-23-37(24-28-39)35-19-15-13-16-20-35/h13-34H,1-12H3. The van der Waals surface area contributed by atoms with E-state index in [1.165, 1.54) is 78.6 Å². The fourth-order valence-corrected chi connectivity index (χ4v) is 10.5. The lowest BCUT2D eigenvalue weighted by atomic mass is 9.59. The van der Waals surface area contributed by atoms with Gasteiger partial charge in [-0.2, -0.15) is 0 Å². The molecule has 2 aliphatic carbocycles. The minimum atomic E-state index is -0.0416. The van der Waals surface area contributed by atoms with Crippen LogP contribution in [0.4, 0.5) is 34.1 Å². The fourth-order valence-electron chi connectivity index (χ4n) is 10.5. The molecule has 0 amide bonds. The van der Waals surface area contributed by atoms with Gasteiger partial charge < -0.3 is 9.80 Å². The summed E-state index contributed by atoms with van der Waals surface area (Å²) in [6, 6.07) is 50.2. The first-order valence-corrected chi connectivity index (χ1v) is 20.6. The molecule has 0 saturated carbocycles. The van der Waals surface area contributed by atoms with Gasteiger partial charge in [0.2, 0.25) is 0 Å². The highest BCUT2D eigenvalue weighted by molar-refractivity contribution is 6.03. The van der Waals surface area contributed by atoms with Gasteiger partial charge in [-0.25, -0.2) is 0 Å². The van der Waals surface area contributed by atoms with Crippen LogP contribution >= 0.6 is 0 Å². The van der Waals surface area contributed by atoms with Crippen molar-refractivity contribution in [3.63, 3.8) is 0 Å². The van der Waals surface area contributed by atoms with Crippen molar-refractivity contribution >= 4 is 34.1 Å². The van der Waals surface area contributed by atoms with Crippen molar-refractivity contribution in [3.05, 3.63) is 156 Å². The van der Waals surface area contributed by atoms with E-state index in [-0.39, 0.29) is 32.5 Å². The minimum Gasteiger partial charge on any atom is -0.306 e. The summed E-state index contributed by atoms with van der Waals surface area (Å²) in [4.78, 5) is 5.16. The average Bonchev–Trinajstić information content (AvgIpc) is 3.36. The first-order valence-electron chi connectivity index (χ1n) is 20.6. The zero-order valence-corrected chi connectivity index (χ0v) is 35.6. The zero-order valence-electron chi connectivity index (χ0n) is 35.6. The molecule has 6 aromatic carbocycles. The first-order chi connectivity index (χ1) is 26.3. The summed E-state index contributed by atoms with van der Waals surface area (Å²) in [6.07, 6.45) is 0. The van der Waals surface area contributed by atoms with Crippen molar-refractivity contribution in [2.45, 2.75) is 105 Å². The third-order valence-corrected chi connectivity index (χ3v) is 16.6. The molecule has 0 N–H and O–H groups in total. The Morgan fingerprint density at radius 1 is 0.286 bits per heavy atom. The lowest BCUT2D eigenvalue weighted by molar-refractivity contribution is 0.125. The number of hydrogen-bond acceptors (Lipinski definition) is 2. The second kappa shape index (κ2) is 11.7. The van der Waals surface area contributed by atoms with E-state index in [4.69, 9.17) is 0 Å².